The van der Waals surface area contributed by atoms with Gasteiger partial charge in [0, 0.05) is 31.7 Å². The SMILES string of the molecule is CCC.NC(=O)c1ccc2nc(-c3ccccc3)n(CCCN3CCOCC3)c2n1. The lowest BCUT2D eigenvalue weighted by atomic mass is 10.2. The summed E-state index contributed by atoms with van der Waals surface area (Å²) in [6.07, 6.45) is 2.22. The molecule has 2 aromatic heterocycles. The summed E-state index contributed by atoms with van der Waals surface area (Å²) in [7, 11) is 0. The molecule has 1 saturated heterocycles. The Morgan fingerprint density at radius 1 is 1.03 bits per heavy atom. The molecular weight excluding hydrogens is 378 g/mol. The van der Waals surface area contributed by atoms with Gasteiger partial charge in [0.2, 0.25) is 0 Å². The molecule has 30 heavy (non-hydrogen) atoms. The Kier molecular flexibility index (Phi) is 7.93. The number of benzene rings is 1. The van der Waals surface area contributed by atoms with Crippen LogP contribution >= 0.6 is 0 Å². The zero-order valence-corrected chi connectivity index (χ0v) is 17.9. The molecule has 1 amide bonds. The lowest BCUT2D eigenvalue weighted by molar-refractivity contribution is 0.0370. The van der Waals surface area contributed by atoms with E-state index in [1.807, 2.05) is 36.4 Å². The highest BCUT2D eigenvalue weighted by Gasteiger charge is 2.16. The van der Waals surface area contributed by atoms with E-state index in [-0.39, 0.29) is 5.69 Å². The van der Waals surface area contributed by atoms with E-state index in [1.54, 1.807) is 6.07 Å². The Balaban J connectivity index is 0.000000806. The number of rotatable bonds is 6. The smallest absolute Gasteiger partial charge is 0.267 e. The van der Waals surface area contributed by atoms with Gasteiger partial charge in [-0.3, -0.25) is 9.69 Å². The van der Waals surface area contributed by atoms with Gasteiger partial charge in [0.15, 0.2) is 5.65 Å². The van der Waals surface area contributed by atoms with Crippen LogP contribution in [0.5, 0.6) is 0 Å². The Labute approximate surface area is 177 Å². The van der Waals surface area contributed by atoms with Gasteiger partial charge in [-0.25, -0.2) is 9.97 Å². The first-order valence-electron chi connectivity index (χ1n) is 10.7. The third-order valence-corrected chi connectivity index (χ3v) is 4.84. The zero-order chi connectivity index (χ0) is 21.3. The summed E-state index contributed by atoms with van der Waals surface area (Å²) in [6, 6.07) is 13.5. The summed E-state index contributed by atoms with van der Waals surface area (Å²) in [5, 5.41) is 0. The molecule has 3 aromatic rings. The first kappa shape index (κ1) is 21.9. The van der Waals surface area contributed by atoms with Crippen molar-refractivity contribution < 1.29 is 9.53 Å². The molecule has 160 valence electrons. The minimum Gasteiger partial charge on any atom is -0.379 e. The number of carbonyl (C=O) groups is 1. The third kappa shape index (κ3) is 5.43. The molecule has 0 spiro atoms. The van der Waals surface area contributed by atoms with Crippen molar-refractivity contribution in [3.8, 4) is 11.4 Å². The number of pyridine rings is 1. The van der Waals surface area contributed by atoms with Crippen LogP contribution in [0.25, 0.3) is 22.6 Å². The second kappa shape index (κ2) is 10.8. The van der Waals surface area contributed by atoms with Crippen molar-refractivity contribution in [2.45, 2.75) is 33.2 Å². The summed E-state index contributed by atoms with van der Waals surface area (Å²) in [5.41, 5.74) is 8.18. The van der Waals surface area contributed by atoms with Gasteiger partial charge in [0.05, 0.1) is 13.2 Å². The van der Waals surface area contributed by atoms with Crippen molar-refractivity contribution in [2.24, 2.45) is 5.73 Å². The number of aryl methyl sites for hydroxylation is 1. The van der Waals surface area contributed by atoms with Gasteiger partial charge >= 0.3 is 0 Å². The Morgan fingerprint density at radius 3 is 2.40 bits per heavy atom. The Bertz CT molecular complexity index is 949. The molecule has 2 N–H and O–H groups in total. The van der Waals surface area contributed by atoms with Crippen LogP contribution in [-0.4, -0.2) is 58.2 Å². The number of morpholine rings is 1. The number of fused-ring (bicyclic) bond motifs is 1. The van der Waals surface area contributed by atoms with Gasteiger partial charge in [0.1, 0.15) is 17.0 Å². The number of primary amides is 1. The lowest BCUT2D eigenvalue weighted by Gasteiger charge is -2.26. The van der Waals surface area contributed by atoms with Crippen LogP contribution in [0.1, 0.15) is 37.2 Å². The number of carbonyl (C=O) groups excluding carboxylic acids is 1. The highest BCUT2D eigenvalue weighted by atomic mass is 16.5. The van der Waals surface area contributed by atoms with E-state index in [0.717, 1.165) is 62.7 Å². The number of aromatic nitrogens is 3. The predicted molar refractivity (Wildman–Crippen MR) is 119 cm³/mol. The van der Waals surface area contributed by atoms with E-state index in [4.69, 9.17) is 15.5 Å². The summed E-state index contributed by atoms with van der Waals surface area (Å²) < 4.78 is 7.51. The standard InChI is InChI=1S/C20H23N5O2.C3H8/c21-18(26)16-7-8-17-20(22-16)25(10-4-9-24-11-13-27-14-12-24)19(23-17)15-5-2-1-3-6-15;1-3-2/h1-3,5-8H,4,9-14H2,(H2,21,26);3H2,1-2H3. The number of nitrogens with two attached hydrogens (primary N) is 1. The second-order valence-electron chi connectivity index (χ2n) is 7.37. The normalized spacial score (nSPS) is 14.3. The molecule has 0 unspecified atom stereocenters. The van der Waals surface area contributed by atoms with Gasteiger partial charge in [-0.05, 0) is 18.6 Å². The maximum absolute atomic E-state index is 11.6. The Hall–Kier alpha value is -2.77. The molecule has 1 aromatic carbocycles. The van der Waals surface area contributed by atoms with Crippen molar-refractivity contribution >= 4 is 17.1 Å². The number of amides is 1. The first-order chi connectivity index (χ1) is 14.6. The summed E-state index contributed by atoms with van der Waals surface area (Å²) in [4.78, 5) is 23.2. The molecule has 1 aliphatic heterocycles. The minimum absolute atomic E-state index is 0.261. The highest BCUT2D eigenvalue weighted by molar-refractivity contribution is 5.93. The Morgan fingerprint density at radius 2 is 1.73 bits per heavy atom. The predicted octanol–water partition coefficient (Wildman–Crippen LogP) is 3.34. The van der Waals surface area contributed by atoms with Gasteiger partial charge in [-0.15, -0.1) is 0 Å². The third-order valence-electron chi connectivity index (χ3n) is 4.84. The second-order valence-corrected chi connectivity index (χ2v) is 7.37. The zero-order valence-electron chi connectivity index (χ0n) is 17.9. The highest BCUT2D eigenvalue weighted by Crippen LogP contribution is 2.24. The quantitative estimate of drug-likeness (QED) is 0.675. The molecule has 1 aliphatic rings. The summed E-state index contributed by atoms with van der Waals surface area (Å²) >= 11 is 0. The number of nitrogens with zero attached hydrogens (tertiary/aromatic N) is 4. The fourth-order valence-corrected chi connectivity index (χ4v) is 3.44. The van der Waals surface area contributed by atoms with Crippen LogP contribution in [0.2, 0.25) is 0 Å². The van der Waals surface area contributed by atoms with E-state index >= 15 is 0 Å². The molecule has 0 atom stereocenters. The maximum Gasteiger partial charge on any atom is 0.267 e. The van der Waals surface area contributed by atoms with E-state index < -0.39 is 5.91 Å². The molecular formula is C23H31N5O2. The van der Waals surface area contributed by atoms with Crippen LogP contribution in [0.15, 0.2) is 42.5 Å². The fraction of sp³-hybridized carbons (Fsp3) is 0.435. The van der Waals surface area contributed by atoms with Crippen molar-refractivity contribution in [1.82, 2.24) is 19.4 Å². The summed E-state index contributed by atoms with van der Waals surface area (Å²) in [6.45, 7) is 9.56. The first-order valence-corrected chi connectivity index (χ1v) is 10.7. The van der Waals surface area contributed by atoms with Crippen LogP contribution in [0, 0.1) is 0 Å². The average Bonchev–Trinajstić information content (AvgIpc) is 3.13. The fourth-order valence-electron chi connectivity index (χ4n) is 3.44. The van der Waals surface area contributed by atoms with E-state index in [0.29, 0.717) is 5.65 Å². The van der Waals surface area contributed by atoms with Crippen molar-refractivity contribution in [1.29, 1.82) is 0 Å². The van der Waals surface area contributed by atoms with Crippen LogP contribution in [-0.2, 0) is 11.3 Å². The van der Waals surface area contributed by atoms with Crippen molar-refractivity contribution in [2.75, 3.05) is 32.8 Å². The number of imidazole rings is 1. The molecule has 3 heterocycles. The van der Waals surface area contributed by atoms with Gasteiger partial charge < -0.3 is 15.0 Å². The lowest BCUT2D eigenvalue weighted by Crippen LogP contribution is -2.37. The maximum atomic E-state index is 11.6. The van der Waals surface area contributed by atoms with Gasteiger partial charge in [-0.2, -0.15) is 0 Å². The van der Waals surface area contributed by atoms with E-state index in [9.17, 15) is 4.79 Å². The largest absolute Gasteiger partial charge is 0.379 e. The van der Waals surface area contributed by atoms with E-state index in [1.165, 1.54) is 6.42 Å². The molecule has 0 aliphatic carbocycles. The molecule has 7 heteroatoms. The molecule has 1 fully saturated rings. The minimum atomic E-state index is -0.528. The average molecular weight is 410 g/mol. The van der Waals surface area contributed by atoms with E-state index in [2.05, 4.69) is 28.3 Å². The number of hydrogen-bond donors (Lipinski definition) is 1. The topological polar surface area (TPSA) is 86.3 Å². The van der Waals surface area contributed by atoms with Crippen LogP contribution < -0.4 is 5.73 Å². The number of hydrogen-bond acceptors (Lipinski definition) is 5. The molecule has 0 saturated carbocycles. The summed E-state index contributed by atoms with van der Waals surface area (Å²) in [5.74, 6) is 0.334. The molecule has 0 bridgehead atoms. The van der Waals surface area contributed by atoms with Crippen molar-refractivity contribution in [3.05, 3.63) is 48.2 Å². The molecule has 7 nitrogen and oxygen atoms in total. The van der Waals surface area contributed by atoms with Crippen LogP contribution in [0.3, 0.4) is 0 Å². The molecule has 4 rings (SSSR count). The van der Waals surface area contributed by atoms with Crippen LogP contribution in [0.4, 0.5) is 0 Å². The number of ether oxygens (including phenoxy) is 1. The van der Waals surface area contributed by atoms with Gasteiger partial charge in [-0.1, -0.05) is 50.6 Å². The van der Waals surface area contributed by atoms with Crippen molar-refractivity contribution in [3.63, 3.8) is 0 Å². The van der Waals surface area contributed by atoms with Gasteiger partial charge in [0.25, 0.3) is 5.91 Å². The monoisotopic (exact) mass is 409 g/mol. The molecule has 0 radical (unpaired) electrons.